The van der Waals surface area contributed by atoms with Crippen LogP contribution in [0.25, 0.3) is 0 Å². The lowest BCUT2D eigenvalue weighted by molar-refractivity contribution is -0.138. The molecule has 1 N–H and O–H groups in total. The molecule has 1 aliphatic rings. The van der Waals surface area contributed by atoms with E-state index in [1.165, 1.54) is 25.3 Å². The first kappa shape index (κ1) is 9.29. The van der Waals surface area contributed by atoms with E-state index in [4.69, 9.17) is 9.84 Å². The summed E-state index contributed by atoms with van der Waals surface area (Å²) in [5.41, 5.74) is 0.105. The van der Waals surface area contributed by atoms with Gasteiger partial charge in [0.2, 0.25) is 0 Å². The van der Waals surface area contributed by atoms with Crippen LogP contribution in [0.3, 0.4) is 0 Å². The lowest BCUT2D eigenvalue weighted by Gasteiger charge is -2.12. The monoisotopic (exact) mass is 180 g/mol. The lowest BCUT2D eigenvalue weighted by Crippen LogP contribution is -2.16. The molecule has 0 aromatic carbocycles. The van der Waals surface area contributed by atoms with Crippen molar-refractivity contribution >= 4 is 11.9 Å². The van der Waals surface area contributed by atoms with Crippen LogP contribution in [0.1, 0.15) is 0 Å². The maximum atomic E-state index is 10.7. The number of carbonyl (C=O) groups is 1. The molecule has 4 heteroatoms. The SMILES string of the molecule is COC1=CC(C(=O)O)C(=C=O)C=C1. The van der Waals surface area contributed by atoms with E-state index in [0.717, 1.165) is 0 Å². The first-order valence-electron chi connectivity index (χ1n) is 3.60. The maximum absolute atomic E-state index is 10.7. The molecule has 1 aliphatic carbocycles. The molecule has 4 nitrogen and oxygen atoms in total. The number of aliphatic carboxylic acids is 1. The van der Waals surface area contributed by atoms with E-state index in [2.05, 4.69) is 0 Å². The van der Waals surface area contributed by atoms with Crippen LogP contribution in [0.2, 0.25) is 0 Å². The number of methoxy groups -OCH3 is 1. The Balaban J connectivity index is 3.03. The molecular weight excluding hydrogens is 172 g/mol. The van der Waals surface area contributed by atoms with E-state index < -0.39 is 11.9 Å². The minimum Gasteiger partial charge on any atom is -0.497 e. The zero-order chi connectivity index (χ0) is 9.84. The zero-order valence-electron chi connectivity index (χ0n) is 6.98. The Morgan fingerprint density at radius 1 is 1.62 bits per heavy atom. The van der Waals surface area contributed by atoms with Gasteiger partial charge in [-0.15, -0.1) is 0 Å². The first-order chi connectivity index (χ1) is 6.19. The van der Waals surface area contributed by atoms with E-state index in [-0.39, 0.29) is 5.57 Å². The largest absolute Gasteiger partial charge is 0.497 e. The number of carboxylic acid groups (broad SMARTS) is 1. The second kappa shape index (κ2) is 3.74. The minimum absolute atomic E-state index is 0.105. The summed E-state index contributed by atoms with van der Waals surface area (Å²) in [4.78, 5) is 21.0. The van der Waals surface area contributed by atoms with Crippen molar-refractivity contribution < 1.29 is 19.4 Å². The summed E-state index contributed by atoms with van der Waals surface area (Å²) in [6.07, 6.45) is 4.28. The molecule has 1 unspecified atom stereocenters. The topological polar surface area (TPSA) is 63.6 Å². The minimum atomic E-state index is -1.09. The van der Waals surface area contributed by atoms with Crippen LogP contribution >= 0.6 is 0 Å². The van der Waals surface area contributed by atoms with Crippen LogP contribution in [0.5, 0.6) is 0 Å². The highest BCUT2D eigenvalue weighted by molar-refractivity contribution is 5.82. The molecule has 1 rings (SSSR count). The van der Waals surface area contributed by atoms with Gasteiger partial charge in [-0.1, -0.05) is 0 Å². The summed E-state index contributed by atoms with van der Waals surface area (Å²) in [5.74, 6) is -0.0173. The third-order valence-corrected chi connectivity index (χ3v) is 1.71. The van der Waals surface area contributed by atoms with Gasteiger partial charge in [-0.2, -0.15) is 0 Å². The molecule has 13 heavy (non-hydrogen) atoms. The smallest absolute Gasteiger partial charge is 0.315 e. The fourth-order valence-electron chi connectivity index (χ4n) is 1.02. The van der Waals surface area contributed by atoms with Gasteiger partial charge in [0.25, 0.3) is 0 Å². The average molecular weight is 180 g/mol. The molecule has 0 saturated carbocycles. The molecule has 0 radical (unpaired) electrons. The van der Waals surface area contributed by atoms with E-state index in [1.54, 1.807) is 5.94 Å². The summed E-state index contributed by atoms with van der Waals surface area (Å²) in [7, 11) is 1.44. The quantitative estimate of drug-likeness (QED) is 0.630. The summed E-state index contributed by atoms with van der Waals surface area (Å²) in [6, 6.07) is 0. The number of hydrogen-bond acceptors (Lipinski definition) is 3. The van der Waals surface area contributed by atoms with Gasteiger partial charge in [0.15, 0.2) is 0 Å². The van der Waals surface area contributed by atoms with Crippen molar-refractivity contribution in [2.24, 2.45) is 5.92 Å². The van der Waals surface area contributed by atoms with Crippen LogP contribution < -0.4 is 0 Å². The predicted molar refractivity (Wildman–Crippen MR) is 44.6 cm³/mol. The molecule has 68 valence electrons. The second-order valence-electron chi connectivity index (χ2n) is 2.48. The number of ether oxygens (including phenoxy) is 1. The van der Waals surface area contributed by atoms with Gasteiger partial charge < -0.3 is 9.84 Å². The molecule has 0 aromatic heterocycles. The third kappa shape index (κ3) is 1.86. The van der Waals surface area contributed by atoms with Crippen molar-refractivity contribution in [2.75, 3.05) is 7.11 Å². The molecule has 0 aliphatic heterocycles. The summed E-state index contributed by atoms with van der Waals surface area (Å²) in [5, 5.41) is 8.72. The maximum Gasteiger partial charge on any atom is 0.315 e. The lowest BCUT2D eigenvalue weighted by atomic mass is 9.95. The van der Waals surface area contributed by atoms with Crippen molar-refractivity contribution in [2.45, 2.75) is 0 Å². The van der Waals surface area contributed by atoms with Gasteiger partial charge in [0.1, 0.15) is 17.6 Å². The Morgan fingerprint density at radius 3 is 2.77 bits per heavy atom. The van der Waals surface area contributed by atoms with E-state index in [1.807, 2.05) is 0 Å². The van der Waals surface area contributed by atoms with E-state index in [0.29, 0.717) is 5.76 Å². The summed E-state index contributed by atoms with van der Waals surface area (Å²) < 4.78 is 4.83. The Bertz CT molecular complexity index is 332. The van der Waals surface area contributed by atoms with Crippen LogP contribution in [0, 0.1) is 5.92 Å². The van der Waals surface area contributed by atoms with Crippen molar-refractivity contribution in [1.29, 1.82) is 0 Å². The van der Waals surface area contributed by atoms with Gasteiger partial charge in [-0.3, -0.25) is 4.79 Å². The first-order valence-corrected chi connectivity index (χ1v) is 3.60. The van der Waals surface area contributed by atoms with E-state index in [9.17, 15) is 9.59 Å². The summed E-state index contributed by atoms with van der Waals surface area (Å²) in [6.45, 7) is 0. The average Bonchev–Trinajstić information content (AvgIpc) is 2.16. The number of allylic oxidation sites excluding steroid dienone is 2. The Labute approximate surface area is 74.8 Å². The number of hydrogen-bond donors (Lipinski definition) is 1. The van der Waals surface area contributed by atoms with Crippen LogP contribution in [-0.4, -0.2) is 24.1 Å². The molecule has 0 saturated heterocycles. The highest BCUT2D eigenvalue weighted by Gasteiger charge is 2.22. The van der Waals surface area contributed by atoms with Crippen molar-refractivity contribution in [1.82, 2.24) is 0 Å². The van der Waals surface area contributed by atoms with Crippen molar-refractivity contribution in [3.05, 3.63) is 29.6 Å². The van der Waals surface area contributed by atoms with Crippen LogP contribution in [0.4, 0.5) is 0 Å². The Morgan fingerprint density at radius 2 is 2.31 bits per heavy atom. The highest BCUT2D eigenvalue weighted by atomic mass is 16.5. The van der Waals surface area contributed by atoms with Crippen LogP contribution in [0.15, 0.2) is 29.6 Å². The molecule has 1 atom stereocenters. The molecular formula is C9H8O4. The van der Waals surface area contributed by atoms with Crippen molar-refractivity contribution in [3.63, 3.8) is 0 Å². The molecule has 0 fully saturated rings. The van der Waals surface area contributed by atoms with Gasteiger partial charge >= 0.3 is 5.97 Å². The summed E-state index contributed by atoms with van der Waals surface area (Å²) >= 11 is 0. The normalized spacial score (nSPS) is 20.5. The molecule has 0 spiro atoms. The molecule has 0 bridgehead atoms. The molecule has 0 heterocycles. The highest BCUT2D eigenvalue weighted by Crippen LogP contribution is 2.20. The standard InChI is InChI=1S/C9H8O4/c1-13-7-3-2-6(5-10)8(4-7)9(11)12/h2-4,8H,1H3,(H,11,12). The number of carbonyl (C=O) groups excluding carboxylic acids is 1. The molecule has 0 aromatic rings. The third-order valence-electron chi connectivity index (χ3n) is 1.71. The van der Waals surface area contributed by atoms with E-state index >= 15 is 0 Å². The fraction of sp³-hybridized carbons (Fsp3) is 0.222. The van der Waals surface area contributed by atoms with Crippen molar-refractivity contribution in [3.8, 4) is 0 Å². The van der Waals surface area contributed by atoms with Gasteiger partial charge in [0.05, 0.1) is 12.7 Å². The fourth-order valence-corrected chi connectivity index (χ4v) is 1.02. The number of rotatable bonds is 2. The van der Waals surface area contributed by atoms with Gasteiger partial charge in [-0.05, 0) is 18.2 Å². The van der Waals surface area contributed by atoms with Gasteiger partial charge in [0, 0.05) is 0 Å². The number of carboxylic acids is 1. The van der Waals surface area contributed by atoms with Crippen LogP contribution in [-0.2, 0) is 14.3 Å². The second-order valence-corrected chi connectivity index (χ2v) is 2.48. The Kier molecular flexibility index (Phi) is 2.67. The van der Waals surface area contributed by atoms with Gasteiger partial charge in [-0.25, -0.2) is 4.79 Å². The predicted octanol–water partition coefficient (Wildman–Crippen LogP) is 0.545. The Hall–Kier alpha value is -1.80. The molecule has 0 amide bonds. The zero-order valence-corrected chi connectivity index (χ0v) is 6.98.